The van der Waals surface area contributed by atoms with E-state index in [4.69, 9.17) is 0 Å². The first kappa shape index (κ1) is 11.1. The van der Waals surface area contributed by atoms with Gasteiger partial charge in [0, 0.05) is 12.1 Å². The predicted octanol–water partition coefficient (Wildman–Crippen LogP) is 2.70. The summed E-state index contributed by atoms with van der Waals surface area (Å²) in [5.74, 6) is -0.0549. The fourth-order valence-corrected chi connectivity index (χ4v) is 2.09. The normalized spacial score (nSPS) is 15.5. The van der Waals surface area contributed by atoms with Gasteiger partial charge in [0.15, 0.2) is 0 Å². The van der Waals surface area contributed by atoms with Crippen molar-refractivity contribution in [2.24, 2.45) is 0 Å². The number of fused-ring (bicyclic) bond motifs is 1. The number of benzene rings is 1. The zero-order valence-corrected chi connectivity index (χ0v) is 9.88. The standard InChI is InChI=1S/C13H16FNO/c1-9-4-5-11-10(6-9)7-15(12(11)16)8-13(2,3)14/h4-6H,7-8H2,1-3H3. The Balaban J connectivity index is 2.24. The molecule has 1 heterocycles. The summed E-state index contributed by atoms with van der Waals surface area (Å²) in [6.07, 6.45) is 0. The smallest absolute Gasteiger partial charge is 0.254 e. The highest BCUT2D eigenvalue weighted by molar-refractivity contribution is 5.98. The van der Waals surface area contributed by atoms with Crippen molar-refractivity contribution in [2.45, 2.75) is 33.0 Å². The van der Waals surface area contributed by atoms with E-state index in [1.807, 2.05) is 25.1 Å². The van der Waals surface area contributed by atoms with Crippen LogP contribution in [0.25, 0.3) is 0 Å². The molecule has 0 radical (unpaired) electrons. The number of alkyl halides is 1. The number of hydrogen-bond donors (Lipinski definition) is 0. The Morgan fingerprint density at radius 1 is 1.44 bits per heavy atom. The second-order valence-electron chi connectivity index (χ2n) is 5.04. The second-order valence-corrected chi connectivity index (χ2v) is 5.04. The van der Waals surface area contributed by atoms with Crippen LogP contribution in [-0.2, 0) is 6.54 Å². The number of carbonyl (C=O) groups is 1. The predicted molar refractivity (Wildman–Crippen MR) is 61.1 cm³/mol. The van der Waals surface area contributed by atoms with E-state index in [1.54, 1.807) is 4.90 Å². The van der Waals surface area contributed by atoms with E-state index in [1.165, 1.54) is 13.8 Å². The minimum atomic E-state index is -1.34. The van der Waals surface area contributed by atoms with Crippen LogP contribution in [0.15, 0.2) is 18.2 Å². The zero-order chi connectivity index (χ0) is 11.9. The number of hydrogen-bond acceptors (Lipinski definition) is 1. The molecular formula is C13H16FNO. The van der Waals surface area contributed by atoms with Gasteiger partial charge in [-0.25, -0.2) is 4.39 Å². The Bertz CT molecular complexity index is 434. The van der Waals surface area contributed by atoms with Crippen LogP contribution in [0, 0.1) is 6.92 Å². The summed E-state index contributed by atoms with van der Waals surface area (Å²) in [4.78, 5) is 13.5. The van der Waals surface area contributed by atoms with Crippen molar-refractivity contribution < 1.29 is 9.18 Å². The highest BCUT2D eigenvalue weighted by atomic mass is 19.1. The molecule has 0 unspecified atom stereocenters. The highest BCUT2D eigenvalue weighted by Crippen LogP contribution is 2.25. The number of rotatable bonds is 2. The van der Waals surface area contributed by atoms with Crippen LogP contribution >= 0.6 is 0 Å². The van der Waals surface area contributed by atoms with E-state index in [0.29, 0.717) is 6.54 Å². The van der Waals surface area contributed by atoms with E-state index in [0.717, 1.165) is 16.7 Å². The van der Waals surface area contributed by atoms with Crippen molar-refractivity contribution >= 4 is 5.91 Å². The molecule has 0 aromatic heterocycles. The van der Waals surface area contributed by atoms with Gasteiger partial charge < -0.3 is 4.90 Å². The van der Waals surface area contributed by atoms with Crippen LogP contribution in [-0.4, -0.2) is 23.0 Å². The van der Waals surface area contributed by atoms with E-state index in [2.05, 4.69) is 0 Å². The van der Waals surface area contributed by atoms with Crippen molar-refractivity contribution in [1.29, 1.82) is 0 Å². The van der Waals surface area contributed by atoms with Gasteiger partial charge in [-0.1, -0.05) is 17.7 Å². The lowest BCUT2D eigenvalue weighted by Crippen LogP contribution is -2.35. The quantitative estimate of drug-likeness (QED) is 0.752. The monoisotopic (exact) mass is 221 g/mol. The van der Waals surface area contributed by atoms with Gasteiger partial charge in [-0.05, 0) is 32.4 Å². The number of nitrogens with zero attached hydrogens (tertiary/aromatic N) is 1. The topological polar surface area (TPSA) is 20.3 Å². The average Bonchev–Trinajstić information content (AvgIpc) is 2.40. The lowest BCUT2D eigenvalue weighted by atomic mass is 10.1. The molecule has 1 aliphatic rings. The summed E-state index contributed by atoms with van der Waals surface area (Å²) in [5.41, 5.74) is 1.52. The number of carbonyl (C=O) groups excluding carboxylic acids is 1. The van der Waals surface area contributed by atoms with Gasteiger partial charge in [0.25, 0.3) is 5.91 Å². The van der Waals surface area contributed by atoms with Gasteiger partial charge in [-0.3, -0.25) is 4.79 Å². The van der Waals surface area contributed by atoms with Gasteiger partial charge in [-0.2, -0.15) is 0 Å². The van der Waals surface area contributed by atoms with Gasteiger partial charge in [-0.15, -0.1) is 0 Å². The number of halogens is 1. The lowest BCUT2D eigenvalue weighted by molar-refractivity contribution is 0.0654. The van der Waals surface area contributed by atoms with Gasteiger partial charge in [0.05, 0.1) is 6.54 Å². The van der Waals surface area contributed by atoms with Crippen molar-refractivity contribution in [3.63, 3.8) is 0 Å². The lowest BCUT2D eigenvalue weighted by Gasteiger charge is -2.22. The van der Waals surface area contributed by atoms with Crippen molar-refractivity contribution in [2.75, 3.05) is 6.54 Å². The van der Waals surface area contributed by atoms with Crippen LogP contribution < -0.4 is 0 Å². The molecule has 3 heteroatoms. The summed E-state index contributed by atoms with van der Waals surface area (Å²) in [5, 5.41) is 0. The fraction of sp³-hybridized carbons (Fsp3) is 0.462. The summed E-state index contributed by atoms with van der Waals surface area (Å²) in [6.45, 7) is 5.66. The number of amides is 1. The van der Waals surface area contributed by atoms with Crippen LogP contribution in [0.2, 0.25) is 0 Å². The minimum Gasteiger partial charge on any atom is -0.331 e. The third-order valence-corrected chi connectivity index (χ3v) is 2.71. The molecule has 16 heavy (non-hydrogen) atoms. The molecule has 0 spiro atoms. The number of aryl methyl sites for hydroxylation is 1. The van der Waals surface area contributed by atoms with Gasteiger partial charge >= 0.3 is 0 Å². The summed E-state index contributed by atoms with van der Waals surface area (Å²) < 4.78 is 13.5. The Kier molecular flexibility index (Phi) is 2.49. The zero-order valence-electron chi connectivity index (χ0n) is 9.88. The van der Waals surface area contributed by atoms with Crippen LogP contribution in [0.3, 0.4) is 0 Å². The molecule has 0 fully saturated rings. The molecule has 1 amide bonds. The van der Waals surface area contributed by atoms with E-state index in [-0.39, 0.29) is 12.5 Å². The summed E-state index contributed by atoms with van der Waals surface area (Å²) in [6, 6.07) is 5.75. The molecule has 1 aromatic carbocycles. The first-order valence-electron chi connectivity index (χ1n) is 5.44. The molecule has 2 rings (SSSR count). The minimum absolute atomic E-state index is 0.0549. The molecule has 0 atom stereocenters. The molecule has 86 valence electrons. The van der Waals surface area contributed by atoms with Crippen molar-refractivity contribution in [1.82, 2.24) is 4.90 Å². The first-order valence-corrected chi connectivity index (χ1v) is 5.44. The Morgan fingerprint density at radius 3 is 2.75 bits per heavy atom. The third kappa shape index (κ3) is 2.08. The first-order chi connectivity index (χ1) is 7.37. The molecular weight excluding hydrogens is 205 g/mol. The van der Waals surface area contributed by atoms with Crippen LogP contribution in [0.5, 0.6) is 0 Å². The Labute approximate surface area is 95.1 Å². The summed E-state index contributed by atoms with van der Waals surface area (Å²) in [7, 11) is 0. The van der Waals surface area contributed by atoms with Crippen LogP contribution in [0.4, 0.5) is 4.39 Å². The maximum Gasteiger partial charge on any atom is 0.254 e. The maximum absolute atomic E-state index is 13.5. The largest absolute Gasteiger partial charge is 0.331 e. The van der Waals surface area contributed by atoms with Gasteiger partial charge in [0.2, 0.25) is 0 Å². The molecule has 1 aliphatic heterocycles. The molecule has 0 aliphatic carbocycles. The van der Waals surface area contributed by atoms with E-state index in [9.17, 15) is 9.18 Å². The molecule has 0 N–H and O–H groups in total. The van der Waals surface area contributed by atoms with Crippen LogP contribution in [0.1, 0.15) is 35.3 Å². The fourth-order valence-electron chi connectivity index (χ4n) is 2.09. The molecule has 2 nitrogen and oxygen atoms in total. The SMILES string of the molecule is Cc1ccc2c(c1)CN(CC(C)(C)F)C2=O. The molecule has 0 bridgehead atoms. The maximum atomic E-state index is 13.5. The third-order valence-electron chi connectivity index (χ3n) is 2.71. The average molecular weight is 221 g/mol. The van der Waals surface area contributed by atoms with E-state index < -0.39 is 5.67 Å². The highest BCUT2D eigenvalue weighted by Gasteiger charge is 2.31. The molecule has 0 saturated carbocycles. The second kappa shape index (κ2) is 3.58. The van der Waals surface area contributed by atoms with Crippen molar-refractivity contribution in [3.05, 3.63) is 34.9 Å². The Hall–Kier alpha value is -1.38. The summed E-state index contributed by atoms with van der Waals surface area (Å²) >= 11 is 0. The van der Waals surface area contributed by atoms with E-state index >= 15 is 0 Å². The Morgan fingerprint density at radius 2 is 2.12 bits per heavy atom. The molecule has 1 aromatic rings. The molecule has 0 saturated heterocycles. The van der Waals surface area contributed by atoms with Crippen molar-refractivity contribution in [3.8, 4) is 0 Å². The van der Waals surface area contributed by atoms with Gasteiger partial charge in [0.1, 0.15) is 5.67 Å².